The molecular formula is C20H24N2O4. The van der Waals surface area contributed by atoms with Gasteiger partial charge in [0, 0.05) is 18.7 Å². The number of hydrogen-bond acceptors (Lipinski definition) is 5. The summed E-state index contributed by atoms with van der Waals surface area (Å²) in [5.41, 5.74) is 2.16. The molecule has 0 radical (unpaired) electrons. The lowest BCUT2D eigenvalue weighted by Crippen LogP contribution is -2.37. The molecule has 26 heavy (non-hydrogen) atoms. The van der Waals surface area contributed by atoms with E-state index in [0.717, 1.165) is 5.56 Å². The minimum atomic E-state index is -0.339. The summed E-state index contributed by atoms with van der Waals surface area (Å²) in [5, 5.41) is 23.8. The van der Waals surface area contributed by atoms with E-state index in [1.165, 1.54) is 0 Å². The number of nitrogens with one attached hydrogen (secondary N) is 1. The summed E-state index contributed by atoms with van der Waals surface area (Å²) in [6, 6.07) is 10.5. The van der Waals surface area contributed by atoms with Crippen molar-refractivity contribution in [1.29, 1.82) is 0 Å². The van der Waals surface area contributed by atoms with Crippen molar-refractivity contribution in [3.8, 4) is 11.5 Å². The molecule has 138 valence electrons. The van der Waals surface area contributed by atoms with Gasteiger partial charge in [-0.3, -0.25) is 4.79 Å². The molecule has 0 aromatic heterocycles. The summed E-state index contributed by atoms with van der Waals surface area (Å²) in [7, 11) is 0. The molecule has 2 aromatic rings. The smallest absolute Gasteiger partial charge is 0.255 e. The molecule has 0 spiro atoms. The van der Waals surface area contributed by atoms with Gasteiger partial charge in [0.1, 0.15) is 0 Å². The van der Waals surface area contributed by atoms with Crippen LogP contribution in [0.1, 0.15) is 35.7 Å². The molecule has 0 bridgehead atoms. The van der Waals surface area contributed by atoms with Gasteiger partial charge >= 0.3 is 0 Å². The third-order valence-corrected chi connectivity index (χ3v) is 4.51. The van der Waals surface area contributed by atoms with Gasteiger partial charge in [0.2, 0.25) is 0 Å². The largest absolute Gasteiger partial charge is 0.503 e. The fourth-order valence-corrected chi connectivity index (χ4v) is 3.11. The van der Waals surface area contributed by atoms with Crippen LogP contribution in [0.3, 0.4) is 0 Å². The quantitative estimate of drug-likeness (QED) is 0.732. The molecule has 2 aromatic carbocycles. The van der Waals surface area contributed by atoms with Crippen LogP contribution in [-0.2, 0) is 4.74 Å². The van der Waals surface area contributed by atoms with Crippen LogP contribution in [0.4, 0.5) is 11.4 Å². The van der Waals surface area contributed by atoms with E-state index in [2.05, 4.69) is 5.32 Å². The second kappa shape index (κ2) is 7.66. The maximum atomic E-state index is 12.4. The minimum Gasteiger partial charge on any atom is -0.503 e. The van der Waals surface area contributed by atoms with E-state index in [0.29, 0.717) is 37.6 Å². The number of carbonyl (C=O) groups excluding carboxylic acids is 1. The molecule has 1 heterocycles. The number of rotatable bonds is 4. The van der Waals surface area contributed by atoms with Crippen molar-refractivity contribution in [3.63, 3.8) is 0 Å². The van der Waals surface area contributed by atoms with Crippen LogP contribution in [0, 0.1) is 0 Å². The van der Waals surface area contributed by atoms with Gasteiger partial charge in [-0.1, -0.05) is 32.0 Å². The fourth-order valence-electron chi connectivity index (χ4n) is 3.11. The van der Waals surface area contributed by atoms with Crippen molar-refractivity contribution in [1.82, 2.24) is 0 Å². The third-order valence-electron chi connectivity index (χ3n) is 4.51. The van der Waals surface area contributed by atoms with Crippen molar-refractivity contribution in [2.24, 2.45) is 0 Å². The monoisotopic (exact) mass is 356 g/mol. The van der Waals surface area contributed by atoms with E-state index >= 15 is 0 Å². The van der Waals surface area contributed by atoms with Crippen LogP contribution in [-0.4, -0.2) is 42.4 Å². The summed E-state index contributed by atoms with van der Waals surface area (Å²) in [6.45, 7) is 6.45. The number of carbonyl (C=O) groups is 1. The zero-order chi connectivity index (χ0) is 18.7. The predicted molar refractivity (Wildman–Crippen MR) is 101 cm³/mol. The highest BCUT2D eigenvalue weighted by atomic mass is 16.5. The van der Waals surface area contributed by atoms with Crippen molar-refractivity contribution in [2.45, 2.75) is 19.8 Å². The first-order valence-corrected chi connectivity index (χ1v) is 8.77. The first-order chi connectivity index (χ1) is 12.5. The highest BCUT2D eigenvalue weighted by Gasteiger charge is 2.25. The normalized spacial score (nSPS) is 14.5. The Morgan fingerprint density at radius 3 is 2.38 bits per heavy atom. The van der Waals surface area contributed by atoms with E-state index in [1.807, 2.05) is 24.8 Å². The number of nitrogens with zero attached hydrogens (tertiary/aromatic N) is 1. The topological polar surface area (TPSA) is 82.0 Å². The maximum Gasteiger partial charge on any atom is 0.255 e. The molecule has 0 atom stereocenters. The first-order valence-electron chi connectivity index (χ1n) is 8.77. The first kappa shape index (κ1) is 18.1. The van der Waals surface area contributed by atoms with Gasteiger partial charge in [-0.25, -0.2) is 0 Å². The number of phenolic OH excluding ortho intramolecular Hbond substituents is 2. The Morgan fingerprint density at radius 1 is 1.12 bits per heavy atom. The van der Waals surface area contributed by atoms with Crippen LogP contribution >= 0.6 is 0 Å². The number of amides is 1. The second-order valence-electron chi connectivity index (χ2n) is 6.63. The zero-order valence-corrected chi connectivity index (χ0v) is 15.0. The van der Waals surface area contributed by atoms with Gasteiger partial charge in [0.25, 0.3) is 5.91 Å². The SMILES string of the molecule is CC(C)c1cc(NC(=O)c2ccccc2)c(O)c(O)c1N1CCOCC1. The number of benzene rings is 2. The molecule has 1 fully saturated rings. The average molecular weight is 356 g/mol. The molecule has 0 saturated carbocycles. The number of aromatic hydroxyl groups is 2. The summed E-state index contributed by atoms with van der Waals surface area (Å²) in [4.78, 5) is 14.4. The lowest BCUT2D eigenvalue weighted by atomic mass is 9.97. The lowest BCUT2D eigenvalue weighted by Gasteiger charge is -2.32. The molecule has 0 aliphatic carbocycles. The van der Waals surface area contributed by atoms with Gasteiger partial charge < -0.3 is 25.2 Å². The van der Waals surface area contributed by atoms with Crippen molar-refractivity contribution >= 4 is 17.3 Å². The van der Waals surface area contributed by atoms with Gasteiger partial charge in [0.05, 0.1) is 24.6 Å². The minimum absolute atomic E-state index is 0.103. The van der Waals surface area contributed by atoms with E-state index < -0.39 is 0 Å². The Morgan fingerprint density at radius 2 is 1.77 bits per heavy atom. The summed E-state index contributed by atoms with van der Waals surface area (Å²) in [6.07, 6.45) is 0. The summed E-state index contributed by atoms with van der Waals surface area (Å²) in [5.74, 6) is -0.762. The highest BCUT2D eigenvalue weighted by Crippen LogP contribution is 2.46. The van der Waals surface area contributed by atoms with Crippen molar-refractivity contribution in [2.75, 3.05) is 36.5 Å². The molecular weight excluding hydrogens is 332 g/mol. The Kier molecular flexibility index (Phi) is 5.32. The average Bonchev–Trinajstić information content (AvgIpc) is 2.66. The van der Waals surface area contributed by atoms with Crippen LogP contribution in [0.5, 0.6) is 11.5 Å². The van der Waals surface area contributed by atoms with E-state index in [9.17, 15) is 15.0 Å². The van der Waals surface area contributed by atoms with E-state index in [1.54, 1.807) is 30.3 Å². The standard InChI is InChI=1S/C20H24N2O4/c1-13(2)15-12-16(21-20(25)14-6-4-3-5-7-14)18(23)19(24)17(15)22-8-10-26-11-9-22/h3-7,12-13,23-24H,8-11H2,1-2H3,(H,21,25). The highest BCUT2D eigenvalue weighted by molar-refractivity contribution is 6.05. The number of morpholine rings is 1. The van der Waals surface area contributed by atoms with Crippen LogP contribution in [0.15, 0.2) is 36.4 Å². The van der Waals surface area contributed by atoms with E-state index in [-0.39, 0.29) is 29.0 Å². The van der Waals surface area contributed by atoms with Crippen LogP contribution in [0.2, 0.25) is 0 Å². The Labute approximate surface area is 153 Å². The van der Waals surface area contributed by atoms with Gasteiger partial charge in [-0.05, 0) is 29.7 Å². The number of phenols is 2. The molecule has 6 nitrogen and oxygen atoms in total. The Bertz CT molecular complexity index is 784. The van der Waals surface area contributed by atoms with Crippen LogP contribution in [0.25, 0.3) is 0 Å². The molecule has 1 saturated heterocycles. The molecule has 0 unspecified atom stereocenters. The predicted octanol–water partition coefficient (Wildman–Crippen LogP) is 3.31. The number of ether oxygens (including phenoxy) is 1. The number of anilines is 2. The molecule has 1 aliphatic heterocycles. The molecule has 3 N–H and O–H groups in total. The molecule has 6 heteroatoms. The second-order valence-corrected chi connectivity index (χ2v) is 6.63. The Hall–Kier alpha value is -2.73. The Balaban J connectivity index is 1.98. The van der Waals surface area contributed by atoms with Gasteiger partial charge in [-0.2, -0.15) is 0 Å². The van der Waals surface area contributed by atoms with Gasteiger partial charge in [-0.15, -0.1) is 0 Å². The summed E-state index contributed by atoms with van der Waals surface area (Å²) >= 11 is 0. The van der Waals surface area contributed by atoms with E-state index in [4.69, 9.17) is 4.74 Å². The van der Waals surface area contributed by atoms with Crippen molar-refractivity contribution in [3.05, 3.63) is 47.5 Å². The van der Waals surface area contributed by atoms with Gasteiger partial charge in [0.15, 0.2) is 11.5 Å². The zero-order valence-electron chi connectivity index (χ0n) is 15.0. The van der Waals surface area contributed by atoms with Crippen LogP contribution < -0.4 is 10.2 Å². The lowest BCUT2D eigenvalue weighted by molar-refractivity contribution is 0.102. The molecule has 1 amide bonds. The third kappa shape index (κ3) is 3.60. The maximum absolute atomic E-state index is 12.4. The fraction of sp³-hybridized carbons (Fsp3) is 0.350. The van der Waals surface area contributed by atoms with Crippen molar-refractivity contribution < 1.29 is 19.7 Å². The molecule has 1 aliphatic rings. The number of hydrogen-bond donors (Lipinski definition) is 3. The molecule has 3 rings (SSSR count). The summed E-state index contributed by atoms with van der Waals surface area (Å²) < 4.78 is 5.37.